The molecular formula is C26H34F3N5O4. The molecule has 0 spiro atoms. The number of nitrogens with one attached hydrogen (secondary N) is 1. The minimum absolute atomic E-state index is 0.121. The highest BCUT2D eigenvalue weighted by molar-refractivity contribution is 5.99. The van der Waals surface area contributed by atoms with Crippen LogP contribution in [0.5, 0.6) is 0 Å². The summed E-state index contributed by atoms with van der Waals surface area (Å²) in [6.45, 7) is 4.03. The fraction of sp³-hybridized carbons (Fsp3) is 0.577. The number of carbonyl (C=O) groups excluding carboxylic acids is 1. The van der Waals surface area contributed by atoms with Crippen molar-refractivity contribution in [2.75, 3.05) is 5.32 Å². The van der Waals surface area contributed by atoms with Crippen molar-refractivity contribution >= 4 is 17.6 Å². The number of amides is 1. The van der Waals surface area contributed by atoms with Gasteiger partial charge in [-0.1, -0.05) is 13.8 Å². The average Bonchev–Trinajstić information content (AvgIpc) is 3.21. The molecule has 4 rings (SSSR count). The zero-order chi connectivity index (χ0) is 28.0. The lowest BCUT2D eigenvalue weighted by molar-refractivity contribution is -0.143. The molecule has 38 heavy (non-hydrogen) atoms. The van der Waals surface area contributed by atoms with E-state index in [1.165, 1.54) is 10.7 Å². The molecule has 2 aliphatic rings. The molecular weight excluding hydrogens is 503 g/mol. The highest BCUT2D eigenvalue weighted by Gasteiger charge is 2.42. The van der Waals surface area contributed by atoms with Crippen LogP contribution in [0.2, 0.25) is 0 Å². The molecule has 1 heterocycles. The Bertz CT molecular complexity index is 1220. The van der Waals surface area contributed by atoms with E-state index >= 15 is 0 Å². The van der Waals surface area contributed by atoms with Gasteiger partial charge in [-0.05, 0) is 74.5 Å². The second kappa shape index (κ2) is 10.2. The number of benzene rings is 1. The van der Waals surface area contributed by atoms with Crippen LogP contribution in [0.15, 0.2) is 18.2 Å². The number of fused-ring (bicyclic) bond motifs is 1. The fourth-order valence-electron chi connectivity index (χ4n) is 5.64. The molecule has 2 aliphatic carbocycles. The molecule has 0 saturated heterocycles. The zero-order valence-electron chi connectivity index (χ0n) is 21.4. The molecule has 12 heteroatoms. The standard InChI is InChI=1S/C26H34F3N5O4/c1-25(2)10-9-17-19(12-25)34(33-22(17)26(27,28)29)15-7-8-16(23(31)36)18(11-15)32-14-5-3-13(4-6-14)21(35)20(30)24(37)38/h7-8,11,13-14,20-21,32,35H,3-6,9-10,12,30H2,1-2H3,(H2,31,36)(H,37,38). The van der Waals surface area contributed by atoms with Crippen LogP contribution in [0, 0.1) is 11.3 Å². The lowest BCUT2D eigenvalue weighted by atomic mass is 9.76. The Hall–Kier alpha value is -3.12. The number of rotatable bonds is 7. The SMILES string of the molecule is CC1(C)CCc2c(C(F)(F)F)nn(-c3ccc(C(N)=O)c(NC4CCC(C(O)C(N)C(=O)O)CC4)c3)c2C1. The highest BCUT2D eigenvalue weighted by Crippen LogP contribution is 2.42. The van der Waals surface area contributed by atoms with Gasteiger partial charge >= 0.3 is 12.1 Å². The average molecular weight is 538 g/mol. The predicted octanol–water partition coefficient (Wildman–Crippen LogP) is 3.25. The van der Waals surface area contributed by atoms with Gasteiger partial charge in [-0.3, -0.25) is 9.59 Å². The Kier molecular flexibility index (Phi) is 7.50. The third kappa shape index (κ3) is 5.65. The molecule has 1 saturated carbocycles. The van der Waals surface area contributed by atoms with Crippen LogP contribution in [0.4, 0.5) is 18.9 Å². The third-order valence-electron chi connectivity index (χ3n) is 7.84. The van der Waals surface area contributed by atoms with Crippen molar-refractivity contribution in [2.24, 2.45) is 22.8 Å². The second-order valence-electron chi connectivity index (χ2n) is 11.2. The number of carbonyl (C=O) groups is 2. The van der Waals surface area contributed by atoms with Crippen molar-refractivity contribution in [3.8, 4) is 5.69 Å². The van der Waals surface area contributed by atoms with Gasteiger partial charge in [0, 0.05) is 23.0 Å². The number of anilines is 1. The number of alkyl halides is 3. The molecule has 2 unspecified atom stereocenters. The van der Waals surface area contributed by atoms with Gasteiger partial charge in [0.25, 0.3) is 5.91 Å². The summed E-state index contributed by atoms with van der Waals surface area (Å²) in [6.07, 6.45) is -2.26. The van der Waals surface area contributed by atoms with E-state index in [4.69, 9.17) is 16.6 Å². The van der Waals surface area contributed by atoms with E-state index in [1.807, 2.05) is 13.8 Å². The lowest BCUT2D eigenvalue weighted by Gasteiger charge is -2.34. The van der Waals surface area contributed by atoms with Gasteiger partial charge in [0.15, 0.2) is 5.69 Å². The van der Waals surface area contributed by atoms with Crippen LogP contribution < -0.4 is 16.8 Å². The van der Waals surface area contributed by atoms with E-state index in [0.717, 1.165) is 0 Å². The van der Waals surface area contributed by atoms with Gasteiger partial charge in [0.2, 0.25) is 0 Å². The maximum atomic E-state index is 13.8. The summed E-state index contributed by atoms with van der Waals surface area (Å²) < 4.78 is 42.8. The first-order chi connectivity index (χ1) is 17.7. The van der Waals surface area contributed by atoms with Gasteiger partial charge in [-0.15, -0.1) is 0 Å². The van der Waals surface area contributed by atoms with Crippen LogP contribution >= 0.6 is 0 Å². The van der Waals surface area contributed by atoms with E-state index < -0.39 is 35.9 Å². The highest BCUT2D eigenvalue weighted by atomic mass is 19.4. The molecule has 1 amide bonds. The first-order valence-corrected chi connectivity index (χ1v) is 12.7. The summed E-state index contributed by atoms with van der Waals surface area (Å²) >= 11 is 0. The molecule has 1 aromatic carbocycles. The monoisotopic (exact) mass is 537 g/mol. The van der Waals surface area contributed by atoms with Crippen molar-refractivity contribution in [3.05, 3.63) is 40.7 Å². The number of hydrogen-bond donors (Lipinski definition) is 5. The fourth-order valence-corrected chi connectivity index (χ4v) is 5.64. The van der Waals surface area contributed by atoms with Crippen molar-refractivity contribution in [1.29, 1.82) is 0 Å². The molecule has 9 nitrogen and oxygen atoms in total. The van der Waals surface area contributed by atoms with Crippen molar-refractivity contribution in [1.82, 2.24) is 9.78 Å². The summed E-state index contributed by atoms with van der Waals surface area (Å²) in [4.78, 5) is 23.3. The summed E-state index contributed by atoms with van der Waals surface area (Å²) in [6, 6.07) is 3.13. The lowest BCUT2D eigenvalue weighted by Crippen LogP contribution is -2.47. The first-order valence-electron chi connectivity index (χ1n) is 12.7. The number of aliphatic carboxylic acids is 1. The van der Waals surface area contributed by atoms with Crippen LogP contribution in [0.3, 0.4) is 0 Å². The number of aliphatic hydroxyl groups excluding tert-OH is 1. The van der Waals surface area contributed by atoms with Crippen LogP contribution in [-0.2, 0) is 23.8 Å². The molecule has 7 N–H and O–H groups in total. The van der Waals surface area contributed by atoms with Crippen molar-refractivity contribution in [2.45, 2.75) is 83.2 Å². The zero-order valence-corrected chi connectivity index (χ0v) is 21.4. The van der Waals surface area contributed by atoms with Gasteiger partial charge < -0.3 is 27.0 Å². The third-order valence-corrected chi connectivity index (χ3v) is 7.84. The van der Waals surface area contributed by atoms with E-state index in [2.05, 4.69) is 10.4 Å². The van der Waals surface area contributed by atoms with E-state index in [9.17, 15) is 27.9 Å². The molecule has 0 aliphatic heterocycles. The minimum Gasteiger partial charge on any atom is -0.480 e. The summed E-state index contributed by atoms with van der Waals surface area (Å²) in [5.74, 6) is -2.23. The topological polar surface area (TPSA) is 156 Å². The largest absolute Gasteiger partial charge is 0.480 e. The number of halogens is 3. The molecule has 208 valence electrons. The minimum atomic E-state index is -4.59. The van der Waals surface area contributed by atoms with E-state index in [-0.39, 0.29) is 34.9 Å². The Morgan fingerprint density at radius 3 is 2.45 bits per heavy atom. The van der Waals surface area contributed by atoms with E-state index in [0.29, 0.717) is 55.6 Å². The number of aromatic nitrogens is 2. The molecule has 0 radical (unpaired) electrons. The Morgan fingerprint density at radius 2 is 1.87 bits per heavy atom. The van der Waals surface area contributed by atoms with Crippen LogP contribution in [0.25, 0.3) is 5.69 Å². The van der Waals surface area contributed by atoms with Gasteiger partial charge in [0.05, 0.1) is 17.4 Å². The van der Waals surface area contributed by atoms with Gasteiger partial charge in [-0.25, -0.2) is 4.68 Å². The number of hydrogen-bond acceptors (Lipinski definition) is 6. The summed E-state index contributed by atoms with van der Waals surface area (Å²) in [7, 11) is 0. The van der Waals surface area contributed by atoms with E-state index in [1.54, 1.807) is 12.1 Å². The second-order valence-corrected chi connectivity index (χ2v) is 11.2. The normalized spacial score (nSPS) is 22.8. The predicted molar refractivity (Wildman–Crippen MR) is 134 cm³/mol. The molecule has 1 aromatic heterocycles. The van der Waals surface area contributed by atoms with Crippen molar-refractivity contribution < 1.29 is 33.0 Å². The Balaban J connectivity index is 1.62. The number of carboxylic acids is 1. The molecule has 2 atom stereocenters. The Labute approximate surface area is 218 Å². The smallest absolute Gasteiger partial charge is 0.435 e. The number of nitrogens with two attached hydrogens (primary N) is 2. The maximum absolute atomic E-state index is 13.8. The number of primary amides is 1. The molecule has 0 bridgehead atoms. The molecule has 2 aromatic rings. The quantitative estimate of drug-likeness (QED) is 0.363. The number of nitrogens with zero attached hydrogens (tertiary/aromatic N) is 2. The number of aliphatic hydroxyl groups is 1. The van der Waals surface area contributed by atoms with Crippen LogP contribution in [-0.4, -0.2) is 50.1 Å². The summed E-state index contributed by atoms with van der Waals surface area (Å²) in [5, 5.41) is 26.6. The van der Waals surface area contributed by atoms with Gasteiger partial charge in [-0.2, -0.15) is 18.3 Å². The summed E-state index contributed by atoms with van der Waals surface area (Å²) in [5.41, 5.74) is 11.8. The maximum Gasteiger partial charge on any atom is 0.435 e. The van der Waals surface area contributed by atoms with Crippen molar-refractivity contribution in [3.63, 3.8) is 0 Å². The first kappa shape index (κ1) is 27.9. The number of carboxylic acid groups (broad SMARTS) is 1. The van der Waals surface area contributed by atoms with Gasteiger partial charge in [0.1, 0.15) is 6.04 Å². The van der Waals surface area contributed by atoms with Crippen LogP contribution in [0.1, 0.15) is 73.3 Å². The molecule has 1 fully saturated rings. The Morgan fingerprint density at radius 1 is 1.21 bits per heavy atom.